The lowest BCUT2D eigenvalue weighted by atomic mass is 10.3. The molecule has 0 bridgehead atoms. The zero-order valence-corrected chi connectivity index (χ0v) is 10.9. The van der Waals surface area contributed by atoms with Crippen LogP contribution in [0.1, 0.15) is 26.7 Å². The van der Waals surface area contributed by atoms with Crippen LogP contribution in [-0.4, -0.2) is 29.1 Å². The average molecular weight is 237 g/mol. The van der Waals surface area contributed by atoms with E-state index in [0.29, 0.717) is 12.2 Å². The molecule has 0 fully saturated rings. The highest BCUT2D eigenvalue weighted by molar-refractivity contribution is 5.33. The van der Waals surface area contributed by atoms with Crippen LogP contribution in [-0.2, 0) is 6.54 Å². The van der Waals surface area contributed by atoms with E-state index in [4.69, 9.17) is 5.73 Å². The Morgan fingerprint density at radius 3 is 2.71 bits per heavy atom. The largest absolute Gasteiger partial charge is 0.398 e. The molecule has 0 aromatic carbocycles. The second kappa shape index (κ2) is 7.12. The minimum atomic E-state index is 0.0192. The van der Waals surface area contributed by atoms with Gasteiger partial charge >= 0.3 is 0 Å². The van der Waals surface area contributed by atoms with Gasteiger partial charge in [-0.1, -0.05) is 20.3 Å². The SMILES string of the molecule is CCCCN(CC)CCn1cc(N)ccc1=O. The molecule has 0 amide bonds. The Bertz CT molecular complexity index is 386. The van der Waals surface area contributed by atoms with Gasteiger partial charge in [0.1, 0.15) is 0 Å². The molecule has 96 valence electrons. The fourth-order valence-corrected chi connectivity index (χ4v) is 1.78. The Morgan fingerprint density at radius 1 is 1.29 bits per heavy atom. The van der Waals surface area contributed by atoms with Gasteiger partial charge in [0.15, 0.2) is 0 Å². The molecular formula is C13H23N3O. The molecule has 0 aliphatic heterocycles. The predicted molar refractivity (Wildman–Crippen MR) is 72.1 cm³/mol. The maximum atomic E-state index is 11.6. The lowest BCUT2D eigenvalue weighted by molar-refractivity contribution is 0.270. The molecule has 0 aliphatic rings. The number of likely N-dealkylation sites (N-methyl/N-ethyl adjacent to an activating group) is 1. The van der Waals surface area contributed by atoms with Gasteiger partial charge in [-0.15, -0.1) is 0 Å². The molecule has 4 heteroatoms. The van der Waals surface area contributed by atoms with Crippen LogP contribution in [0.5, 0.6) is 0 Å². The van der Waals surface area contributed by atoms with Crippen LogP contribution in [0, 0.1) is 0 Å². The van der Waals surface area contributed by atoms with Crippen LogP contribution in [0.4, 0.5) is 5.69 Å². The van der Waals surface area contributed by atoms with Gasteiger partial charge in [0, 0.05) is 31.0 Å². The number of hydrogen-bond donors (Lipinski definition) is 1. The van der Waals surface area contributed by atoms with Crippen molar-refractivity contribution in [3.8, 4) is 0 Å². The topological polar surface area (TPSA) is 51.3 Å². The molecule has 2 N–H and O–H groups in total. The van der Waals surface area contributed by atoms with Crippen molar-refractivity contribution in [3.63, 3.8) is 0 Å². The minimum absolute atomic E-state index is 0.0192. The molecule has 0 atom stereocenters. The molecule has 4 nitrogen and oxygen atoms in total. The minimum Gasteiger partial charge on any atom is -0.398 e. The van der Waals surface area contributed by atoms with Gasteiger partial charge in [0.05, 0.1) is 0 Å². The highest BCUT2D eigenvalue weighted by Crippen LogP contribution is 1.98. The van der Waals surface area contributed by atoms with Gasteiger partial charge in [0.2, 0.25) is 0 Å². The summed E-state index contributed by atoms with van der Waals surface area (Å²) in [5.74, 6) is 0. The number of hydrogen-bond acceptors (Lipinski definition) is 3. The second-order valence-electron chi connectivity index (χ2n) is 4.28. The first-order valence-electron chi connectivity index (χ1n) is 6.35. The summed E-state index contributed by atoms with van der Waals surface area (Å²) in [4.78, 5) is 13.9. The number of nitrogens with zero attached hydrogens (tertiary/aromatic N) is 2. The van der Waals surface area contributed by atoms with Crippen molar-refractivity contribution < 1.29 is 0 Å². The lowest BCUT2D eigenvalue weighted by Gasteiger charge is -2.20. The van der Waals surface area contributed by atoms with E-state index in [0.717, 1.165) is 19.6 Å². The van der Waals surface area contributed by atoms with Crippen LogP contribution >= 0.6 is 0 Å². The van der Waals surface area contributed by atoms with Crippen molar-refractivity contribution in [1.82, 2.24) is 9.47 Å². The van der Waals surface area contributed by atoms with Crippen molar-refractivity contribution in [2.75, 3.05) is 25.4 Å². The molecule has 0 aliphatic carbocycles. The summed E-state index contributed by atoms with van der Waals surface area (Å²) in [5, 5.41) is 0. The van der Waals surface area contributed by atoms with Crippen molar-refractivity contribution in [2.24, 2.45) is 0 Å². The van der Waals surface area contributed by atoms with Crippen LogP contribution in [0.25, 0.3) is 0 Å². The smallest absolute Gasteiger partial charge is 0.250 e. The summed E-state index contributed by atoms with van der Waals surface area (Å²) < 4.78 is 1.68. The summed E-state index contributed by atoms with van der Waals surface area (Å²) in [6.45, 7) is 8.08. The molecule has 0 radical (unpaired) electrons. The first kappa shape index (κ1) is 13.8. The number of unbranched alkanes of at least 4 members (excludes halogenated alkanes) is 1. The van der Waals surface area contributed by atoms with Gasteiger partial charge in [-0.3, -0.25) is 4.79 Å². The molecular weight excluding hydrogens is 214 g/mol. The average Bonchev–Trinajstić information content (AvgIpc) is 2.33. The Hall–Kier alpha value is -1.29. The molecule has 0 saturated heterocycles. The van der Waals surface area contributed by atoms with E-state index in [1.165, 1.54) is 18.9 Å². The maximum absolute atomic E-state index is 11.6. The van der Waals surface area contributed by atoms with Gasteiger partial charge in [0.25, 0.3) is 5.56 Å². The van der Waals surface area contributed by atoms with E-state index in [-0.39, 0.29) is 5.56 Å². The fraction of sp³-hybridized carbons (Fsp3) is 0.615. The second-order valence-corrected chi connectivity index (χ2v) is 4.28. The third-order valence-corrected chi connectivity index (χ3v) is 2.94. The van der Waals surface area contributed by atoms with E-state index >= 15 is 0 Å². The maximum Gasteiger partial charge on any atom is 0.250 e. The zero-order chi connectivity index (χ0) is 12.7. The number of pyridine rings is 1. The van der Waals surface area contributed by atoms with Crippen molar-refractivity contribution >= 4 is 5.69 Å². The summed E-state index contributed by atoms with van der Waals surface area (Å²) in [7, 11) is 0. The Kier molecular flexibility index (Phi) is 5.77. The molecule has 1 rings (SSSR count). The summed E-state index contributed by atoms with van der Waals surface area (Å²) in [5.41, 5.74) is 6.33. The quantitative estimate of drug-likeness (QED) is 0.783. The third-order valence-electron chi connectivity index (χ3n) is 2.94. The monoisotopic (exact) mass is 237 g/mol. The number of anilines is 1. The van der Waals surface area contributed by atoms with Crippen molar-refractivity contribution in [2.45, 2.75) is 33.2 Å². The van der Waals surface area contributed by atoms with Crippen LogP contribution in [0.15, 0.2) is 23.1 Å². The van der Waals surface area contributed by atoms with Crippen molar-refractivity contribution in [1.29, 1.82) is 0 Å². The Labute approximate surface area is 103 Å². The van der Waals surface area contributed by atoms with Gasteiger partial charge in [-0.05, 0) is 25.6 Å². The molecule has 1 aromatic rings. The molecule has 0 spiro atoms. The van der Waals surface area contributed by atoms with E-state index in [1.807, 2.05) is 0 Å². The zero-order valence-electron chi connectivity index (χ0n) is 10.9. The number of nitrogen functional groups attached to an aromatic ring is 1. The number of aromatic nitrogens is 1. The molecule has 1 aromatic heterocycles. The van der Waals surface area contributed by atoms with E-state index in [9.17, 15) is 4.79 Å². The van der Waals surface area contributed by atoms with E-state index in [2.05, 4.69) is 18.7 Å². The molecule has 0 saturated carbocycles. The first-order valence-corrected chi connectivity index (χ1v) is 6.35. The number of rotatable bonds is 7. The predicted octanol–water partition coefficient (Wildman–Crippen LogP) is 1.55. The van der Waals surface area contributed by atoms with Gasteiger partial charge in [-0.25, -0.2) is 0 Å². The Morgan fingerprint density at radius 2 is 2.06 bits per heavy atom. The summed E-state index contributed by atoms with van der Waals surface area (Å²) >= 11 is 0. The normalized spacial score (nSPS) is 11.0. The lowest BCUT2D eigenvalue weighted by Crippen LogP contribution is -2.31. The van der Waals surface area contributed by atoms with Gasteiger partial charge in [-0.2, -0.15) is 0 Å². The highest BCUT2D eigenvalue weighted by atomic mass is 16.1. The van der Waals surface area contributed by atoms with Gasteiger partial charge < -0.3 is 15.2 Å². The first-order chi connectivity index (χ1) is 8.17. The summed E-state index contributed by atoms with van der Waals surface area (Å²) in [6.07, 6.45) is 4.13. The molecule has 17 heavy (non-hydrogen) atoms. The molecule has 0 unspecified atom stereocenters. The number of nitrogens with two attached hydrogens (primary N) is 1. The molecule has 1 heterocycles. The standard InChI is InChI=1S/C13H23N3O/c1-3-5-8-15(4-2)9-10-16-11-12(14)6-7-13(16)17/h6-7,11H,3-5,8-10,14H2,1-2H3. The van der Waals surface area contributed by atoms with Crippen LogP contribution < -0.4 is 11.3 Å². The van der Waals surface area contributed by atoms with E-state index < -0.39 is 0 Å². The van der Waals surface area contributed by atoms with Crippen LogP contribution in [0.2, 0.25) is 0 Å². The fourth-order valence-electron chi connectivity index (χ4n) is 1.78. The highest BCUT2D eigenvalue weighted by Gasteiger charge is 2.03. The summed E-state index contributed by atoms with van der Waals surface area (Å²) in [6, 6.07) is 3.17. The Balaban J connectivity index is 2.53. The van der Waals surface area contributed by atoms with E-state index in [1.54, 1.807) is 16.8 Å². The van der Waals surface area contributed by atoms with Crippen LogP contribution in [0.3, 0.4) is 0 Å². The third kappa shape index (κ3) is 4.61. The van der Waals surface area contributed by atoms with Crippen molar-refractivity contribution in [3.05, 3.63) is 28.7 Å².